The fourth-order valence-corrected chi connectivity index (χ4v) is 0.939. The van der Waals surface area contributed by atoms with Gasteiger partial charge in [-0.3, -0.25) is 14.6 Å². The van der Waals surface area contributed by atoms with Gasteiger partial charge in [-0.1, -0.05) is 0 Å². The first-order valence-electron chi connectivity index (χ1n) is 6.30. The van der Waals surface area contributed by atoms with Crippen LogP contribution in [0.4, 0.5) is 0 Å². The molecule has 0 heterocycles. The highest BCUT2D eigenvalue weighted by Gasteiger charge is 2.25. The van der Waals surface area contributed by atoms with Gasteiger partial charge in [0.25, 0.3) is 6.29 Å². The van der Waals surface area contributed by atoms with E-state index in [1.165, 1.54) is 11.9 Å². The molecule has 20 heavy (non-hydrogen) atoms. The van der Waals surface area contributed by atoms with Crippen molar-refractivity contribution in [3.8, 4) is 0 Å². The number of esters is 1. The summed E-state index contributed by atoms with van der Waals surface area (Å²) in [4.78, 5) is 27.0. The largest absolute Gasteiger partial charge is 0.480 e. The lowest BCUT2D eigenvalue weighted by Gasteiger charge is -2.20. The van der Waals surface area contributed by atoms with E-state index in [9.17, 15) is 9.59 Å². The molecule has 1 atom stereocenters. The van der Waals surface area contributed by atoms with E-state index >= 15 is 0 Å². The van der Waals surface area contributed by atoms with Crippen LogP contribution in [-0.2, 0) is 19.2 Å². The minimum Gasteiger partial charge on any atom is -0.480 e. The number of carboxylic acid groups (broad SMARTS) is 1. The summed E-state index contributed by atoms with van der Waals surface area (Å²) in [6, 6.07) is -0.147. The zero-order chi connectivity index (χ0) is 15.9. The van der Waals surface area contributed by atoms with Crippen LogP contribution in [0.3, 0.4) is 0 Å². The lowest BCUT2D eigenvalue weighted by atomic mass is 9.97. The van der Waals surface area contributed by atoms with Crippen molar-refractivity contribution >= 4 is 11.9 Å². The van der Waals surface area contributed by atoms with Crippen LogP contribution < -0.4 is 0 Å². The second-order valence-corrected chi connectivity index (χ2v) is 5.58. The average Bonchev–Trinajstić information content (AvgIpc) is 2.25. The van der Waals surface area contributed by atoms with Crippen LogP contribution in [0, 0.1) is 5.41 Å². The number of carbonyl (C=O) groups excluding carboxylic acids is 1. The van der Waals surface area contributed by atoms with Crippen molar-refractivity contribution in [1.29, 1.82) is 0 Å². The van der Waals surface area contributed by atoms with Crippen LogP contribution in [0.2, 0.25) is 0 Å². The summed E-state index contributed by atoms with van der Waals surface area (Å²) in [5, 5.41) is 17.0. The van der Waals surface area contributed by atoms with Gasteiger partial charge in [0.05, 0.1) is 5.41 Å². The molecule has 0 aromatic carbocycles. The molecule has 0 spiro atoms. The van der Waals surface area contributed by atoms with Crippen LogP contribution in [0.15, 0.2) is 10.5 Å². The first kappa shape index (κ1) is 18.1. The van der Waals surface area contributed by atoms with Gasteiger partial charge < -0.3 is 14.7 Å². The SMILES string of the molecule is CC(O/N=N\N(CC(=O)O)C(C)C)OC(=O)C(C)(C)C. The number of aliphatic carboxylic acids is 1. The summed E-state index contributed by atoms with van der Waals surface area (Å²) < 4.78 is 4.99. The average molecular weight is 289 g/mol. The van der Waals surface area contributed by atoms with E-state index < -0.39 is 23.6 Å². The summed E-state index contributed by atoms with van der Waals surface area (Å²) in [6.45, 7) is 9.90. The Balaban J connectivity index is 4.34. The molecular formula is C12H23N3O5. The van der Waals surface area contributed by atoms with Gasteiger partial charge in [-0.25, -0.2) is 0 Å². The number of hydrogen-bond acceptors (Lipinski definition) is 6. The van der Waals surface area contributed by atoms with Gasteiger partial charge in [0.15, 0.2) is 0 Å². The Morgan fingerprint density at radius 1 is 1.25 bits per heavy atom. The minimum absolute atomic E-state index is 0.147. The summed E-state index contributed by atoms with van der Waals surface area (Å²) in [5.74, 6) is -1.45. The molecule has 1 N–H and O–H groups in total. The molecule has 0 radical (unpaired) electrons. The molecule has 0 aromatic rings. The maximum Gasteiger partial charge on any atom is 0.324 e. The minimum atomic E-state index is -1.02. The quantitative estimate of drug-likeness (QED) is 0.333. The first-order valence-corrected chi connectivity index (χ1v) is 6.30. The molecule has 0 rings (SSSR count). The number of rotatable bonds is 7. The molecular weight excluding hydrogens is 266 g/mol. The van der Waals surface area contributed by atoms with Gasteiger partial charge in [0.2, 0.25) is 0 Å². The molecule has 0 aromatic heterocycles. The van der Waals surface area contributed by atoms with Crippen molar-refractivity contribution in [3.05, 3.63) is 0 Å². The molecule has 116 valence electrons. The Kier molecular flexibility index (Phi) is 6.95. The Morgan fingerprint density at radius 3 is 2.20 bits per heavy atom. The van der Waals surface area contributed by atoms with Crippen molar-refractivity contribution in [3.63, 3.8) is 0 Å². The number of carbonyl (C=O) groups is 2. The van der Waals surface area contributed by atoms with E-state index in [-0.39, 0.29) is 12.6 Å². The van der Waals surface area contributed by atoms with E-state index in [4.69, 9.17) is 14.7 Å². The molecule has 0 saturated carbocycles. The molecule has 0 saturated heterocycles. The highest BCUT2D eigenvalue weighted by atomic mass is 16.8. The molecule has 1 unspecified atom stereocenters. The standard InChI is InChI=1S/C12H23N3O5/c1-8(2)15(7-10(16)17)13-14-20-9(3)19-11(18)12(4,5)6/h8-9H,7H2,1-6H3,(H,16,17)/b14-13-. The number of ether oxygens (including phenoxy) is 1. The van der Waals surface area contributed by atoms with E-state index in [0.717, 1.165) is 0 Å². The highest BCUT2D eigenvalue weighted by Crippen LogP contribution is 2.16. The Hall–Kier alpha value is -1.86. The van der Waals surface area contributed by atoms with Crippen molar-refractivity contribution in [2.24, 2.45) is 15.9 Å². The third-order valence-electron chi connectivity index (χ3n) is 2.13. The van der Waals surface area contributed by atoms with Crippen molar-refractivity contribution in [1.82, 2.24) is 5.01 Å². The molecule has 8 nitrogen and oxygen atoms in total. The highest BCUT2D eigenvalue weighted by molar-refractivity contribution is 5.75. The summed E-state index contributed by atoms with van der Waals surface area (Å²) in [5.41, 5.74) is -0.637. The van der Waals surface area contributed by atoms with Crippen molar-refractivity contribution in [2.45, 2.75) is 53.9 Å². The van der Waals surface area contributed by atoms with E-state index in [0.29, 0.717) is 0 Å². The topological polar surface area (TPSA) is 101 Å². The van der Waals surface area contributed by atoms with Gasteiger partial charge in [-0.15, -0.1) is 0 Å². The van der Waals surface area contributed by atoms with Crippen molar-refractivity contribution < 1.29 is 24.3 Å². The van der Waals surface area contributed by atoms with Crippen molar-refractivity contribution in [2.75, 3.05) is 6.54 Å². The Bertz CT molecular complexity index is 363. The number of hydrogen-bond donors (Lipinski definition) is 1. The van der Waals surface area contributed by atoms with Crippen LogP contribution in [0.5, 0.6) is 0 Å². The molecule has 8 heteroatoms. The van der Waals surface area contributed by atoms with Gasteiger partial charge in [0, 0.05) is 18.2 Å². The molecule has 0 aliphatic carbocycles. The first-order chi connectivity index (χ1) is 9.04. The Morgan fingerprint density at radius 2 is 1.80 bits per heavy atom. The molecule has 0 aliphatic rings. The zero-order valence-electron chi connectivity index (χ0n) is 12.8. The van der Waals surface area contributed by atoms with Crippen LogP contribution in [0.25, 0.3) is 0 Å². The zero-order valence-corrected chi connectivity index (χ0v) is 12.8. The second-order valence-electron chi connectivity index (χ2n) is 5.58. The predicted molar refractivity (Wildman–Crippen MR) is 70.4 cm³/mol. The summed E-state index contributed by atoms with van der Waals surface area (Å²) >= 11 is 0. The molecule has 0 fully saturated rings. The third kappa shape index (κ3) is 7.55. The van der Waals surface area contributed by atoms with Crippen LogP contribution in [-0.4, -0.2) is 40.9 Å². The predicted octanol–water partition coefficient (Wildman–Crippen LogP) is 2.02. The van der Waals surface area contributed by atoms with E-state index in [2.05, 4.69) is 10.5 Å². The molecule has 0 bridgehead atoms. The van der Waals surface area contributed by atoms with E-state index in [1.807, 2.05) is 0 Å². The molecule has 0 aliphatic heterocycles. The van der Waals surface area contributed by atoms with Crippen LogP contribution >= 0.6 is 0 Å². The fourth-order valence-electron chi connectivity index (χ4n) is 0.939. The van der Waals surface area contributed by atoms with Crippen LogP contribution in [0.1, 0.15) is 41.5 Å². The maximum absolute atomic E-state index is 11.6. The summed E-state index contributed by atoms with van der Waals surface area (Å²) in [6.07, 6.45) is -0.899. The second kappa shape index (κ2) is 7.66. The smallest absolute Gasteiger partial charge is 0.324 e. The van der Waals surface area contributed by atoms with Gasteiger partial charge in [-0.05, 0) is 39.8 Å². The number of nitrogens with zero attached hydrogens (tertiary/aromatic N) is 3. The Labute approximate surface area is 118 Å². The fraction of sp³-hybridized carbons (Fsp3) is 0.833. The molecule has 0 amide bonds. The lowest BCUT2D eigenvalue weighted by Crippen LogP contribution is -2.31. The lowest BCUT2D eigenvalue weighted by molar-refractivity contribution is -0.186. The van der Waals surface area contributed by atoms with Gasteiger partial charge >= 0.3 is 11.9 Å². The normalized spacial score (nSPS) is 13.3. The number of carboxylic acids is 1. The van der Waals surface area contributed by atoms with Gasteiger partial charge in [-0.2, -0.15) is 0 Å². The summed E-state index contributed by atoms with van der Waals surface area (Å²) in [7, 11) is 0. The maximum atomic E-state index is 11.6. The third-order valence-corrected chi connectivity index (χ3v) is 2.13. The van der Waals surface area contributed by atoms with E-state index in [1.54, 1.807) is 34.6 Å². The van der Waals surface area contributed by atoms with Gasteiger partial charge in [0.1, 0.15) is 6.54 Å². The monoisotopic (exact) mass is 289 g/mol.